The molecule has 1 aromatic rings. The highest BCUT2D eigenvalue weighted by molar-refractivity contribution is 7.11. The lowest BCUT2D eigenvalue weighted by Gasteiger charge is -2.07. The van der Waals surface area contributed by atoms with Gasteiger partial charge < -0.3 is 5.32 Å². The molecule has 1 atom stereocenters. The van der Waals surface area contributed by atoms with Crippen LogP contribution in [0.5, 0.6) is 0 Å². The van der Waals surface area contributed by atoms with Crippen LogP contribution < -0.4 is 5.32 Å². The third-order valence-corrected chi connectivity index (χ3v) is 4.01. The average molecular weight is 228 g/mol. The standard InChI is InChI=1S/C11H14ClNS/c1-8(9-2-4-13-7-9)6-11-10(12)3-5-14-11/h3,5-6,9,13H,2,4,7H2,1H3/b8-6-. The Kier molecular flexibility index (Phi) is 3.26. The van der Waals surface area contributed by atoms with Crippen LogP contribution >= 0.6 is 22.9 Å². The van der Waals surface area contributed by atoms with Gasteiger partial charge in [-0.1, -0.05) is 17.2 Å². The van der Waals surface area contributed by atoms with Crippen LogP contribution in [0.3, 0.4) is 0 Å². The van der Waals surface area contributed by atoms with Crippen molar-refractivity contribution in [3.05, 3.63) is 26.9 Å². The zero-order chi connectivity index (χ0) is 9.97. The lowest BCUT2D eigenvalue weighted by molar-refractivity contribution is 0.687. The van der Waals surface area contributed by atoms with E-state index in [2.05, 4.69) is 18.3 Å². The fourth-order valence-electron chi connectivity index (χ4n) is 1.78. The summed E-state index contributed by atoms with van der Waals surface area (Å²) in [6.45, 7) is 4.47. The Hall–Kier alpha value is -0.310. The molecule has 0 saturated carbocycles. The maximum Gasteiger partial charge on any atom is 0.0586 e. The minimum absolute atomic E-state index is 0.702. The number of nitrogens with one attached hydrogen (secondary N) is 1. The molecule has 0 radical (unpaired) electrons. The molecule has 1 aliphatic heterocycles. The highest BCUT2D eigenvalue weighted by Gasteiger charge is 2.16. The minimum atomic E-state index is 0.702. The molecule has 0 aromatic carbocycles. The van der Waals surface area contributed by atoms with E-state index in [1.54, 1.807) is 11.3 Å². The first-order valence-corrected chi connectivity index (χ1v) is 6.15. The quantitative estimate of drug-likeness (QED) is 0.817. The molecule has 1 aromatic heterocycles. The lowest BCUT2D eigenvalue weighted by atomic mass is 9.99. The molecule has 0 spiro atoms. The first kappa shape index (κ1) is 10.2. The predicted molar refractivity (Wildman–Crippen MR) is 64.0 cm³/mol. The zero-order valence-corrected chi connectivity index (χ0v) is 9.79. The van der Waals surface area contributed by atoms with E-state index in [9.17, 15) is 0 Å². The summed E-state index contributed by atoms with van der Waals surface area (Å²) in [6, 6.07) is 1.96. The van der Waals surface area contributed by atoms with Gasteiger partial charge in [-0.25, -0.2) is 0 Å². The second-order valence-corrected chi connectivity index (χ2v) is 5.07. The average Bonchev–Trinajstić information content (AvgIpc) is 2.77. The molecule has 3 heteroatoms. The smallest absolute Gasteiger partial charge is 0.0586 e. The van der Waals surface area contributed by atoms with Gasteiger partial charge in [-0.15, -0.1) is 11.3 Å². The third-order valence-electron chi connectivity index (χ3n) is 2.71. The molecule has 76 valence electrons. The Morgan fingerprint density at radius 3 is 3.14 bits per heavy atom. The van der Waals surface area contributed by atoms with E-state index in [0.717, 1.165) is 18.1 Å². The van der Waals surface area contributed by atoms with Gasteiger partial charge in [0.25, 0.3) is 0 Å². The molecule has 2 rings (SSSR count). The molecule has 0 bridgehead atoms. The minimum Gasteiger partial charge on any atom is -0.316 e. The predicted octanol–water partition coefficient (Wildman–Crippen LogP) is 3.41. The second-order valence-electron chi connectivity index (χ2n) is 3.71. The summed E-state index contributed by atoms with van der Waals surface area (Å²) < 4.78 is 0. The van der Waals surface area contributed by atoms with Crippen LogP contribution in [-0.4, -0.2) is 13.1 Å². The van der Waals surface area contributed by atoms with E-state index >= 15 is 0 Å². The Morgan fingerprint density at radius 1 is 1.71 bits per heavy atom. The monoisotopic (exact) mass is 227 g/mol. The van der Waals surface area contributed by atoms with Crippen molar-refractivity contribution in [3.8, 4) is 0 Å². The fourth-order valence-corrected chi connectivity index (χ4v) is 2.89. The summed E-state index contributed by atoms with van der Waals surface area (Å²) in [7, 11) is 0. The van der Waals surface area contributed by atoms with Gasteiger partial charge in [0, 0.05) is 11.4 Å². The van der Waals surface area contributed by atoms with Crippen molar-refractivity contribution in [2.24, 2.45) is 5.92 Å². The van der Waals surface area contributed by atoms with Crippen LogP contribution in [0.25, 0.3) is 6.08 Å². The van der Waals surface area contributed by atoms with E-state index in [4.69, 9.17) is 11.6 Å². The van der Waals surface area contributed by atoms with Crippen LogP contribution in [0, 0.1) is 5.92 Å². The molecule has 1 aliphatic rings. The number of thiophene rings is 1. The Morgan fingerprint density at radius 2 is 2.57 bits per heavy atom. The SMILES string of the molecule is C/C(=C/c1sccc1Cl)C1CCNC1. The summed E-state index contributed by atoms with van der Waals surface area (Å²) in [5, 5.41) is 6.29. The number of rotatable bonds is 2. The first-order chi connectivity index (χ1) is 6.77. The maximum atomic E-state index is 6.04. The van der Waals surface area contributed by atoms with Gasteiger partial charge in [0.1, 0.15) is 0 Å². The van der Waals surface area contributed by atoms with Gasteiger partial charge in [0.05, 0.1) is 5.02 Å². The topological polar surface area (TPSA) is 12.0 Å². The van der Waals surface area contributed by atoms with Crippen LogP contribution in [-0.2, 0) is 0 Å². The second kappa shape index (κ2) is 4.47. The summed E-state index contributed by atoms with van der Waals surface area (Å²) in [5.41, 5.74) is 1.44. The molecule has 1 unspecified atom stereocenters. The highest BCUT2D eigenvalue weighted by atomic mass is 35.5. The summed E-state index contributed by atoms with van der Waals surface area (Å²) in [5.74, 6) is 0.702. The molecule has 2 heterocycles. The molecular weight excluding hydrogens is 214 g/mol. The van der Waals surface area contributed by atoms with Crippen molar-refractivity contribution in [1.82, 2.24) is 5.32 Å². The molecular formula is C11H14ClNS. The zero-order valence-electron chi connectivity index (χ0n) is 8.22. The Bertz CT molecular complexity index is 337. The highest BCUT2D eigenvalue weighted by Crippen LogP contribution is 2.27. The van der Waals surface area contributed by atoms with Crippen LogP contribution in [0.2, 0.25) is 5.02 Å². The van der Waals surface area contributed by atoms with E-state index in [1.807, 2.05) is 11.4 Å². The van der Waals surface area contributed by atoms with Crippen molar-refractivity contribution in [2.75, 3.05) is 13.1 Å². The van der Waals surface area contributed by atoms with Gasteiger partial charge in [-0.05, 0) is 43.3 Å². The van der Waals surface area contributed by atoms with E-state index in [-0.39, 0.29) is 0 Å². The summed E-state index contributed by atoms with van der Waals surface area (Å²) >= 11 is 7.75. The van der Waals surface area contributed by atoms with Crippen molar-refractivity contribution >= 4 is 29.0 Å². The normalized spacial score (nSPS) is 23.0. The van der Waals surface area contributed by atoms with Gasteiger partial charge in [0.15, 0.2) is 0 Å². The molecule has 14 heavy (non-hydrogen) atoms. The largest absolute Gasteiger partial charge is 0.316 e. The van der Waals surface area contributed by atoms with Gasteiger partial charge in [0.2, 0.25) is 0 Å². The summed E-state index contributed by atoms with van der Waals surface area (Å²) in [4.78, 5) is 1.19. The van der Waals surface area contributed by atoms with Crippen LogP contribution in [0.15, 0.2) is 17.0 Å². The van der Waals surface area contributed by atoms with E-state index in [0.29, 0.717) is 5.92 Å². The molecule has 1 saturated heterocycles. The number of hydrogen-bond acceptors (Lipinski definition) is 2. The van der Waals surface area contributed by atoms with Crippen molar-refractivity contribution < 1.29 is 0 Å². The Labute approximate surface area is 93.8 Å². The lowest BCUT2D eigenvalue weighted by Crippen LogP contribution is -2.09. The first-order valence-electron chi connectivity index (χ1n) is 4.89. The summed E-state index contributed by atoms with van der Waals surface area (Å²) in [6.07, 6.45) is 3.48. The fraction of sp³-hybridized carbons (Fsp3) is 0.455. The third kappa shape index (κ3) is 2.19. The maximum absolute atomic E-state index is 6.04. The van der Waals surface area contributed by atoms with Crippen molar-refractivity contribution in [1.29, 1.82) is 0 Å². The molecule has 0 aliphatic carbocycles. The van der Waals surface area contributed by atoms with Crippen molar-refractivity contribution in [2.45, 2.75) is 13.3 Å². The molecule has 1 nitrogen and oxygen atoms in total. The van der Waals surface area contributed by atoms with Gasteiger partial charge in [-0.3, -0.25) is 0 Å². The van der Waals surface area contributed by atoms with Crippen LogP contribution in [0.1, 0.15) is 18.2 Å². The number of hydrogen-bond donors (Lipinski definition) is 1. The molecule has 1 fully saturated rings. The Balaban J connectivity index is 2.13. The van der Waals surface area contributed by atoms with E-state index in [1.165, 1.54) is 16.9 Å². The van der Waals surface area contributed by atoms with Crippen LogP contribution in [0.4, 0.5) is 0 Å². The van der Waals surface area contributed by atoms with E-state index < -0.39 is 0 Å². The molecule has 0 amide bonds. The van der Waals surface area contributed by atoms with Crippen molar-refractivity contribution in [3.63, 3.8) is 0 Å². The van der Waals surface area contributed by atoms with Gasteiger partial charge >= 0.3 is 0 Å². The molecule has 1 N–H and O–H groups in total. The number of halogens is 1. The van der Waals surface area contributed by atoms with Gasteiger partial charge in [-0.2, -0.15) is 0 Å².